The second-order valence-electron chi connectivity index (χ2n) is 7.51. The summed E-state index contributed by atoms with van der Waals surface area (Å²) in [6.07, 6.45) is -4.91. The maximum Gasteiger partial charge on any atom is 0.299 e. The van der Waals surface area contributed by atoms with Crippen LogP contribution in [0.2, 0.25) is 0 Å². The van der Waals surface area contributed by atoms with Crippen LogP contribution in [0.3, 0.4) is 0 Å². The molecule has 0 amide bonds. The number of hydrogen-bond donors (Lipinski definition) is 5. The van der Waals surface area contributed by atoms with Crippen molar-refractivity contribution in [1.82, 2.24) is 0 Å². The summed E-state index contributed by atoms with van der Waals surface area (Å²) in [5.74, 6) is 0. The lowest BCUT2D eigenvalue weighted by Gasteiger charge is -2.43. The van der Waals surface area contributed by atoms with Gasteiger partial charge in [0.2, 0.25) is 0 Å². The Morgan fingerprint density at radius 1 is 0.750 bits per heavy atom. The molecule has 0 radical (unpaired) electrons. The van der Waals surface area contributed by atoms with Crippen LogP contribution in [0.1, 0.15) is 0 Å². The number of anilines is 2. The normalized spacial score (nSPS) is 23.5. The second-order valence-corrected chi connectivity index (χ2v) is 7.51. The summed E-state index contributed by atoms with van der Waals surface area (Å²) in [5, 5.41) is 80.8. The van der Waals surface area contributed by atoms with Crippen LogP contribution in [0.25, 0.3) is 0 Å². The van der Waals surface area contributed by atoms with Crippen LogP contribution in [-0.2, 0) is 4.74 Å². The van der Waals surface area contributed by atoms with Gasteiger partial charge in [-0.1, -0.05) is 0 Å². The number of hydrogen-bond acceptors (Lipinski definition) is 14. The molecule has 0 bridgehead atoms. The van der Waals surface area contributed by atoms with Crippen LogP contribution < -0.4 is 10.6 Å². The maximum absolute atomic E-state index is 11.5. The Balaban J connectivity index is 2.04. The Hall–Kier alpha value is -4.52. The maximum atomic E-state index is 11.5. The van der Waals surface area contributed by atoms with Crippen molar-refractivity contribution in [2.45, 2.75) is 30.6 Å². The predicted octanol–water partition coefficient (Wildman–Crippen LogP) is 0.651. The molecule has 0 saturated carbocycles. The molecule has 1 fully saturated rings. The van der Waals surface area contributed by atoms with Gasteiger partial charge in [0, 0.05) is 12.1 Å². The van der Waals surface area contributed by atoms with E-state index in [1.807, 2.05) is 0 Å². The monoisotopic (exact) mass is 510 g/mol. The third-order valence-corrected chi connectivity index (χ3v) is 5.36. The molecule has 192 valence electrons. The number of nitrogens with one attached hydrogen (secondary N) is 2. The van der Waals surface area contributed by atoms with Crippen molar-refractivity contribution in [2.24, 2.45) is 0 Å². The molecular weight excluding hydrogens is 492 g/mol. The predicted molar refractivity (Wildman–Crippen MR) is 118 cm³/mol. The van der Waals surface area contributed by atoms with Crippen molar-refractivity contribution in [1.29, 1.82) is 0 Å². The number of aliphatic hydroxyl groups is 3. The average molecular weight is 510 g/mol. The SMILES string of the molecule is O=[N+]([O-])c1ccc(N[C@H]2[C@@H](O)[C@@H](CO)OC(O)[C@@H]2Nc2ccc([N+](=O)[O-])cc2[N+](=O)[O-])c([N+](=O)[O-])c1. The van der Waals surface area contributed by atoms with Gasteiger partial charge in [0.15, 0.2) is 6.29 Å². The van der Waals surface area contributed by atoms with E-state index in [4.69, 9.17) is 4.74 Å². The van der Waals surface area contributed by atoms with E-state index in [0.717, 1.165) is 24.3 Å². The molecule has 1 aliphatic rings. The van der Waals surface area contributed by atoms with Crippen molar-refractivity contribution in [3.8, 4) is 0 Å². The van der Waals surface area contributed by atoms with Crippen LogP contribution in [0.5, 0.6) is 0 Å². The van der Waals surface area contributed by atoms with Gasteiger partial charge in [-0.05, 0) is 12.1 Å². The summed E-state index contributed by atoms with van der Waals surface area (Å²) in [5.41, 5.74) is -3.33. The zero-order chi connectivity index (χ0) is 26.7. The largest absolute Gasteiger partial charge is 0.394 e. The Kier molecular flexibility index (Phi) is 7.53. The number of benzene rings is 2. The highest BCUT2D eigenvalue weighted by molar-refractivity contribution is 5.68. The van der Waals surface area contributed by atoms with Crippen molar-refractivity contribution in [3.63, 3.8) is 0 Å². The van der Waals surface area contributed by atoms with Crippen LogP contribution in [0.15, 0.2) is 36.4 Å². The second kappa shape index (κ2) is 10.4. The van der Waals surface area contributed by atoms with Crippen molar-refractivity contribution >= 4 is 34.1 Å². The van der Waals surface area contributed by atoms with Crippen LogP contribution in [-0.4, -0.2) is 72.2 Å². The van der Waals surface area contributed by atoms with Gasteiger partial charge in [-0.15, -0.1) is 0 Å². The summed E-state index contributed by atoms with van der Waals surface area (Å²) in [6, 6.07) is 2.29. The van der Waals surface area contributed by atoms with Crippen molar-refractivity contribution < 1.29 is 39.7 Å². The molecule has 18 nitrogen and oxygen atoms in total. The summed E-state index contributed by atoms with van der Waals surface area (Å²) in [4.78, 5) is 41.4. The summed E-state index contributed by atoms with van der Waals surface area (Å²) in [7, 11) is 0. The molecular formula is C18H18N6O12. The molecule has 0 aromatic heterocycles. The molecule has 1 aliphatic heterocycles. The Bertz CT molecular complexity index is 1210. The quantitative estimate of drug-likeness (QED) is 0.229. The van der Waals surface area contributed by atoms with E-state index in [1.165, 1.54) is 0 Å². The van der Waals surface area contributed by atoms with Gasteiger partial charge in [-0.3, -0.25) is 40.5 Å². The first-order valence-corrected chi connectivity index (χ1v) is 9.95. The van der Waals surface area contributed by atoms with Crippen molar-refractivity contribution in [2.75, 3.05) is 17.2 Å². The molecule has 2 aromatic rings. The Morgan fingerprint density at radius 2 is 1.19 bits per heavy atom. The third-order valence-electron chi connectivity index (χ3n) is 5.36. The standard InChI is InChI=1S/C18H18N6O12/c25-7-14-17(26)15(19-10-3-1-8(21(28)29)5-12(10)23(32)33)16(18(27)36-14)20-11-4-2-9(22(30)31)6-13(11)24(34)35/h1-6,14-20,25-27H,7H2/t14-,15-,16-,17+,18?/m1/s1. The summed E-state index contributed by atoms with van der Waals surface area (Å²) < 4.78 is 5.14. The van der Waals surface area contributed by atoms with Gasteiger partial charge in [-0.2, -0.15) is 0 Å². The molecule has 5 atom stereocenters. The summed E-state index contributed by atoms with van der Waals surface area (Å²) in [6.45, 7) is -0.789. The molecule has 1 saturated heterocycles. The lowest BCUT2D eigenvalue weighted by molar-refractivity contribution is -0.393. The van der Waals surface area contributed by atoms with Gasteiger partial charge < -0.3 is 30.7 Å². The third kappa shape index (κ3) is 5.25. The molecule has 1 unspecified atom stereocenters. The minimum Gasteiger partial charge on any atom is -0.394 e. The number of ether oxygens (including phenoxy) is 1. The Labute approximate surface area is 199 Å². The summed E-state index contributed by atoms with van der Waals surface area (Å²) >= 11 is 0. The van der Waals surface area contributed by atoms with E-state index in [0.29, 0.717) is 12.1 Å². The number of non-ortho nitro benzene ring substituents is 2. The van der Waals surface area contributed by atoms with Crippen molar-refractivity contribution in [3.05, 3.63) is 76.9 Å². The highest BCUT2D eigenvalue weighted by atomic mass is 16.6. The molecule has 3 rings (SSSR count). The van der Waals surface area contributed by atoms with Crippen LogP contribution in [0.4, 0.5) is 34.1 Å². The lowest BCUT2D eigenvalue weighted by Crippen LogP contribution is -2.63. The number of rotatable bonds is 9. The number of nitrogens with zero attached hydrogens (tertiary/aromatic N) is 4. The van der Waals surface area contributed by atoms with Gasteiger partial charge in [-0.25, -0.2) is 0 Å². The van der Waals surface area contributed by atoms with E-state index in [2.05, 4.69) is 10.6 Å². The number of nitro groups is 4. The molecule has 36 heavy (non-hydrogen) atoms. The highest BCUT2D eigenvalue weighted by Crippen LogP contribution is 2.35. The number of aliphatic hydroxyl groups excluding tert-OH is 3. The first kappa shape index (κ1) is 26.1. The van der Waals surface area contributed by atoms with Gasteiger partial charge in [0.25, 0.3) is 22.7 Å². The van der Waals surface area contributed by atoms with E-state index in [1.54, 1.807) is 0 Å². The minimum absolute atomic E-state index is 0.314. The average Bonchev–Trinajstić information content (AvgIpc) is 2.82. The fourth-order valence-corrected chi connectivity index (χ4v) is 3.63. The van der Waals surface area contributed by atoms with E-state index in [-0.39, 0.29) is 11.4 Å². The Morgan fingerprint density at radius 3 is 1.58 bits per heavy atom. The van der Waals surface area contributed by atoms with E-state index >= 15 is 0 Å². The van der Waals surface area contributed by atoms with Gasteiger partial charge in [0.05, 0.1) is 44.5 Å². The first-order valence-electron chi connectivity index (χ1n) is 9.95. The first-order chi connectivity index (χ1) is 16.9. The molecule has 0 spiro atoms. The zero-order valence-electron chi connectivity index (χ0n) is 17.9. The fourth-order valence-electron chi connectivity index (χ4n) is 3.63. The van der Waals surface area contributed by atoms with Gasteiger partial charge in [0.1, 0.15) is 29.6 Å². The molecule has 1 heterocycles. The van der Waals surface area contributed by atoms with Crippen LogP contribution in [0, 0.1) is 40.5 Å². The molecule has 5 N–H and O–H groups in total. The van der Waals surface area contributed by atoms with Gasteiger partial charge >= 0.3 is 0 Å². The smallest absolute Gasteiger partial charge is 0.299 e. The lowest BCUT2D eigenvalue weighted by atomic mass is 9.93. The molecule has 0 aliphatic carbocycles. The molecule has 2 aromatic carbocycles. The topological polar surface area (TPSA) is 267 Å². The molecule has 18 heteroatoms. The highest BCUT2D eigenvalue weighted by Gasteiger charge is 2.46. The minimum atomic E-state index is -1.85. The fraction of sp³-hybridized carbons (Fsp3) is 0.333. The number of nitro benzene ring substituents is 4. The van der Waals surface area contributed by atoms with E-state index < -0.39 is 79.6 Å². The zero-order valence-corrected chi connectivity index (χ0v) is 17.9. The van der Waals surface area contributed by atoms with Crippen LogP contribution >= 0.6 is 0 Å². The van der Waals surface area contributed by atoms with E-state index in [9.17, 15) is 55.8 Å².